The number of carbonyl (C=O) groups is 2. The molecule has 1 aromatic rings. The number of allylic oxidation sites excluding steroid dienone is 1. The Labute approximate surface area is 177 Å². The molecule has 1 saturated carbocycles. The Hall–Kier alpha value is -2.54. The van der Waals surface area contributed by atoms with E-state index < -0.39 is 6.10 Å². The van der Waals surface area contributed by atoms with Crippen molar-refractivity contribution in [3.63, 3.8) is 0 Å². The molecule has 1 aromatic carbocycles. The minimum absolute atomic E-state index is 0.0649. The molecule has 0 N–H and O–H groups in total. The topological polar surface area (TPSA) is 80.3 Å². The Balaban J connectivity index is 1.54. The average Bonchev–Trinajstić information content (AvgIpc) is 2.74. The summed E-state index contributed by atoms with van der Waals surface area (Å²) in [5.74, 6) is 1.04. The van der Waals surface area contributed by atoms with Gasteiger partial charge < -0.3 is 23.7 Å². The summed E-state index contributed by atoms with van der Waals surface area (Å²) >= 11 is 0. The van der Waals surface area contributed by atoms with Crippen LogP contribution in [0.1, 0.15) is 40.0 Å². The Morgan fingerprint density at radius 2 is 1.83 bits per heavy atom. The van der Waals surface area contributed by atoms with E-state index >= 15 is 0 Å². The second kappa shape index (κ2) is 9.98. The first-order valence-electron chi connectivity index (χ1n) is 10.4. The lowest BCUT2D eigenvalue weighted by Crippen LogP contribution is -2.43. The number of ketones is 1. The van der Waals surface area contributed by atoms with Gasteiger partial charge in [-0.05, 0) is 49.9 Å². The van der Waals surface area contributed by atoms with Gasteiger partial charge in [0.25, 0.3) is 0 Å². The highest BCUT2D eigenvalue weighted by molar-refractivity contribution is 5.96. The second-order valence-corrected chi connectivity index (χ2v) is 8.14. The number of carbonyl (C=O) groups excluding carboxylic acids is 2. The zero-order chi connectivity index (χ0) is 21.7. The van der Waals surface area contributed by atoms with Gasteiger partial charge in [-0.1, -0.05) is 13.8 Å². The molecule has 0 spiro atoms. The number of methoxy groups -OCH3 is 1. The van der Waals surface area contributed by atoms with Gasteiger partial charge >= 0.3 is 5.97 Å². The lowest BCUT2D eigenvalue weighted by Gasteiger charge is -2.37. The van der Waals surface area contributed by atoms with Crippen molar-refractivity contribution in [2.45, 2.75) is 58.3 Å². The van der Waals surface area contributed by atoms with E-state index in [1.54, 1.807) is 38.3 Å². The maximum absolute atomic E-state index is 12.9. The standard InChI is InChI=1S/C23H30O7/c1-14(2)12-28-23(25)15(3)29-18-9-10-19-20(11-18)27-13-21(22(19)24)30-17-7-5-16(26-4)6-8-17/h5-8,13-15,18-20H,9-12H2,1-4H3. The van der Waals surface area contributed by atoms with E-state index in [0.717, 1.165) is 0 Å². The maximum Gasteiger partial charge on any atom is 0.334 e. The second-order valence-electron chi connectivity index (χ2n) is 8.14. The molecule has 1 fully saturated rings. The molecule has 7 heteroatoms. The first-order valence-corrected chi connectivity index (χ1v) is 10.4. The number of rotatable bonds is 8. The zero-order valence-electron chi connectivity index (χ0n) is 18.0. The van der Waals surface area contributed by atoms with Crippen molar-refractivity contribution in [1.29, 1.82) is 0 Å². The average molecular weight is 418 g/mol. The first kappa shape index (κ1) is 22.2. The third-order valence-electron chi connectivity index (χ3n) is 5.25. The van der Waals surface area contributed by atoms with Crippen LogP contribution in [0.15, 0.2) is 36.3 Å². The Kier molecular flexibility index (Phi) is 7.37. The molecule has 30 heavy (non-hydrogen) atoms. The monoisotopic (exact) mass is 418 g/mol. The van der Waals surface area contributed by atoms with E-state index in [9.17, 15) is 9.59 Å². The van der Waals surface area contributed by atoms with Crippen LogP contribution >= 0.6 is 0 Å². The van der Waals surface area contributed by atoms with Crippen LogP contribution in [-0.2, 0) is 23.8 Å². The van der Waals surface area contributed by atoms with E-state index in [1.165, 1.54) is 6.26 Å². The third kappa shape index (κ3) is 5.53. The van der Waals surface area contributed by atoms with Crippen molar-refractivity contribution in [2.75, 3.05) is 13.7 Å². The van der Waals surface area contributed by atoms with Crippen LogP contribution in [0.25, 0.3) is 0 Å². The fourth-order valence-corrected chi connectivity index (χ4v) is 3.61. The van der Waals surface area contributed by atoms with Crippen LogP contribution in [-0.4, -0.2) is 43.8 Å². The number of Topliss-reactive ketones (excluding diaryl/α,β-unsaturated/α-hetero) is 1. The van der Waals surface area contributed by atoms with Gasteiger partial charge in [-0.3, -0.25) is 4.79 Å². The van der Waals surface area contributed by atoms with Crippen molar-refractivity contribution in [2.24, 2.45) is 11.8 Å². The zero-order valence-corrected chi connectivity index (χ0v) is 18.0. The first-order chi connectivity index (χ1) is 14.4. The molecule has 1 heterocycles. The predicted molar refractivity (Wildman–Crippen MR) is 109 cm³/mol. The van der Waals surface area contributed by atoms with Crippen molar-refractivity contribution in [3.05, 3.63) is 36.3 Å². The largest absolute Gasteiger partial charge is 0.497 e. The van der Waals surface area contributed by atoms with E-state index in [-0.39, 0.29) is 41.6 Å². The van der Waals surface area contributed by atoms with E-state index in [0.29, 0.717) is 37.4 Å². The van der Waals surface area contributed by atoms with Crippen LogP contribution in [0.5, 0.6) is 11.5 Å². The summed E-state index contributed by atoms with van der Waals surface area (Å²) in [7, 11) is 1.59. The van der Waals surface area contributed by atoms with Gasteiger partial charge in [0, 0.05) is 6.42 Å². The van der Waals surface area contributed by atoms with Crippen molar-refractivity contribution >= 4 is 11.8 Å². The fraction of sp³-hybridized carbons (Fsp3) is 0.565. The normalized spacial score (nSPS) is 24.4. The summed E-state index contributed by atoms with van der Waals surface area (Å²) in [5.41, 5.74) is 0. The van der Waals surface area contributed by atoms with Gasteiger partial charge in [0.1, 0.15) is 23.9 Å². The van der Waals surface area contributed by atoms with Crippen LogP contribution in [0.3, 0.4) is 0 Å². The quantitative estimate of drug-likeness (QED) is 0.596. The van der Waals surface area contributed by atoms with Gasteiger partial charge in [0.15, 0.2) is 6.10 Å². The minimum atomic E-state index is -0.644. The molecular formula is C23H30O7. The number of fused-ring (bicyclic) bond motifs is 1. The fourth-order valence-electron chi connectivity index (χ4n) is 3.61. The van der Waals surface area contributed by atoms with E-state index in [4.69, 9.17) is 23.7 Å². The van der Waals surface area contributed by atoms with Crippen molar-refractivity contribution in [1.82, 2.24) is 0 Å². The van der Waals surface area contributed by atoms with Crippen LogP contribution in [0.2, 0.25) is 0 Å². The summed E-state index contributed by atoms with van der Waals surface area (Å²) in [6.07, 6.45) is 2.14. The van der Waals surface area contributed by atoms with Crippen molar-refractivity contribution in [3.8, 4) is 11.5 Å². The highest BCUT2D eigenvalue weighted by Gasteiger charge is 2.42. The number of esters is 1. The molecular weight excluding hydrogens is 388 g/mol. The SMILES string of the molecule is COc1ccc(OC2=COC3CC(OC(C)C(=O)OCC(C)C)CCC3C2=O)cc1. The van der Waals surface area contributed by atoms with Crippen LogP contribution in [0.4, 0.5) is 0 Å². The summed E-state index contributed by atoms with van der Waals surface area (Å²) in [6, 6.07) is 7.01. The molecule has 164 valence electrons. The Morgan fingerprint density at radius 1 is 1.13 bits per heavy atom. The molecule has 1 aliphatic carbocycles. The lowest BCUT2D eigenvalue weighted by atomic mass is 9.80. The van der Waals surface area contributed by atoms with Gasteiger partial charge in [0.05, 0.1) is 25.7 Å². The van der Waals surface area contributed by atoms with E-state index in [2.05, 4.69) is 0 Å². The minimum Gasteiger partial charge on any atom is -0.497 e. The molecule has 3 rings (SSSR count). The molecule has 0 saturated heterocycles. The molecule has 0 radical (unpaired) electrons. The Morgan fingerprint density at radius 3 is 2.50 bits per heavy atom. The molecule has 0 bridgehead atoms. The number of ether oxygens (including phenoxy) is 5. The maximum atomic E-state index is 12.9. The molecule has 4 atom stereocenters. The Bertz CT molecular complexity index is 768. The number of benzene rings is 1. The number of hydrogen-bond acceptors (Lipinski definition) is 7. The molecule has 7 nitrogen and oxygen atoms in total. The van der Waals surface area contributed by atoms with Crippen LogP contribution in [0, 0.1) is 11.8 Å². The van der Waals surface area contributed by atoms with Gasteiger partial charge in [-0.25, -0.2) is 4.79 Å². The molecule has 2 aliphatic rings. The van der Waals surface area contributed by atoms with Crippen LogP contribution < -0.4 is 9.47 Å². The molecule has 0 amide bonds. The van der Waals surface area contributed by atoms with E-state index in [1.807, 2.05) is 13.8 Å². The highest BCUT2D eigenvalue weighted by Crippen LogP contribution is 2.35. The number of hydrogen-bond donors (Lipinski definition) is 0. The lowest BCUT2D eigenvalue weighted by molar-refractivity contribution is -0.165. The predicted octanol–water partition coefficient (Wildman–Crippen LogP) is 3.66. The summed E-state index contributed by atoms with van der Waals surface area (Å²) in [6.45, 7) is 6.04. The molecule has 1 aliphatic heterocycles. The summed E-state index contributed by atoms with van der Waals surface area (Å²) in [5, 5.41) is 0. The molecule has 4 unspecified atom stereocenters. The molecule has 0 aromatic heterocycles. The van der Waals surface area contributed by atoms with Gasteiger partial charge in [-0.2, -0.15) is 0 Å². The summed E-state index contributed by atoms with van der Waals surface area (Å²) < 4.78 is 27.8. The van der Waals surface area contributed by atoms with Crippen molar-refractivity contribution < 1.29 is 33.3 Å². The van der Waals surface area contributed by atoms with Gasteiger partial charge in [-0.15, -0.1) is 0 Å². The highest BCUT2D eigenvalue weighted by atomic mass is 16.6. The summed E-state index contributed by atoms with van der Waals surface area (Å²) in [4.78, 5) is 24.9. The smallest absolute Gasteiger partial charge is 0.334 e. The van der Waals surface area contributed by atoms with Gasteiger partial charge in [0.2, 0.25) is 11.5 Å². The third-order valence-corrected chi connectivity index (χ3v) is 5.25.